The molecule has 2 heteroatoms. The van der Waals surface area contributed by atoms with Crippen molar-refractivity contribution in [2.24, 2.45) is 47.3 Å². The molecule has 0 heterocycles. The first kappa shape index (κ1) is 10.2. The van der Waals surface area contributed by atoms with Gasteiger partial charge in [0, 0.05) is 0 Å². The Bertz CT molecular complexity index is 376. The van der Waals surface area contributed by atoms with E-state index in [0.29, 0.717) is 47.3 Å². The van der Waals surface area contributed by atoms with Gasteiger partial charge in [-0.15, -0.1) is 0 Å². The molecule has 2 N–H and O–H groups in total. The molecule has 3 saturated carbocycles. The van der Waals surface area contributed by atoms with Crippen molar-refractivity contribution in [3.63, 3.8) is 0 Å². The summed E-state index contributed by atoms with van der Waals surface area (Å²) in [5, 5.41) is 21.7. The third-order valence-corrected chi connectivity index (χ3v) is 6.74. The fourth-order valence-electron chi connectivity index (χ4n) is 6.23. The second-order valence-corrected chi connectivity index (χ2v) is 7.19. The molecule has 0 amide bonds. The normalized spacial score (nSPS) is 66.6. The van der Waals surface area contributed by atoms with Gasteiger partial charge in [0.05, 0.1) is 12.2 Å². The molecule has 3 fully saturated rings. The van der Waals surface area contributed by atoms with Crippen LogP contribution in [0.2, 0.25) is 0 Å². The molecule has 4 bridgehead atoms. The predicted molar refractivity (Wildman–Crippen MR) is 67.4 cm³/mol. The number of hydrogen-bond acceptors (Lipinski definition) is 2. The smallest absolute Gasteiger partial charge is 0.0615 e. The molecule has 8 atom stereocenters. The second kappa shape index (κ2) is 3.10. The van der Waals surface area contributed by atoms with Crippen LogP contribution in [0.5, 0.6) is 0 Å². The number of hydrogen-bond donors (Lipinski definition) is 2. The van der Waals surface area contributed by atoms with Crippen molar-refractivity contribution in [1.82, 2.24) is 0 Å². The zero-order chi connectivity index (χ0) is 12.0. The van der Waals surface area contributed by atoms with Crippen molar-refractivity contribution >= 4 is 0 Å². The molecule has 96 valence electrons. The molecular weight excluding hydrogens is 224 g/mol. The summed E-state index contributed by atoms with van der Waals surface area (Å²) in [5.41, 5.74) is 0. The molecule has 5 aliphatic carbocycles. The average Bonchev–Trinajstić information content (AvgIpc) is 3.10. The maximum atomic E-state index is 10.8. The van der Waals surface area contributed by atoms with Crippen molar-refractivity contribution in [2.45, 2.75) is 25.0 Å². The van der Waals surface area contributed by atoms with Crippen LogP contribution in [0, 0.1) is 47.3 Å². The quantitative estimate of drug-likeness (QED) is 0.635. The Kier molecular flexibility index (Phi) is 1.76. The van der Waals surface area contributed by atoms with Crippen molar-refractivity contribution in [3.05, 3.63) is 24.3 Å². The summed E-state index contributed by atoms with van der Waals surface area (Å²) in [4.78, 5) is 0. The first-order valence-corrected chi connectivity index (χ1v) is 7.48. The number of allylic oxidation sites excluding steroid dienone is 4. The van der Waals surface area contributed by atoms with Crippen LogP contribution in [0.25, 0.3) is 0 Å². The third-order valence-electron chi connectivity index (χ3n) is 6.74. The van der Waals surface area contributed by atoms with Gasteiger partial charge in [0.15, 0.2) is 0 Å². The molecule has 0 spiro atoms. The monoisotopic (exact) mass is 244 g/mol. The van der Waals surface area contributed by atoms with Gasteiger partial charge in [-0.05, 0) is 60.2 Å². The number of fused-ring (bicyclic) bond motifs is 10. The van der Waals surface area contributed by atoms with Gasteiger partial charge in [0.25, 0.3) is 0 Å². The van der Waals surface area contributed by atoms with Crippen LogP contribution in [-0.4, -0.2) is 22.4 Å². The van der Waals surface area contributed by atoms with Crippen LogP contribution in [0.15, 0.2) is 24.3 Å². The lowest BCUT2D eigenvalue weighted by molar-refractivity contribution is -0.125. The molecule has 5 rings (SSSR count). The van der Waals surface area contributed by atoms with E-state index in [2.05, 4.69) is 24.3 Å². The number of aliphatic hydroxyl groups is 2. The highest BCUT2D eigenvalue weighted by atomic mass is 16.3. The van der Waals surface area contributed by atoms with E-state index in [9.17, 15) is 10.2 Å². The van der Waals surface area contributed by atoms with Gasteiger partial charge in [-0.2, -0.15) is 0 Å². The van der Waals surface area contributed by atoms with E-state index in [1.54, 1.807) is 0 Å². The van der Waals surface area contributed by atoms with E-state index >= 15 is 0 Å². The Morgan fingerprint density at radius 1 is 0.556 bits per heavy atom. The summed E-state index contributed by atoms with van der Waals surface area (Å²) in [6.07, 6.45) is 11.2. The molecule has 0 aliphatic heterocycles. The highest BCUT2D eigenvalue weighted by Gasteiger charge is 2.63. The summed E-state index contributed by atoms with van der Waals surface area (Å²) in [6, 6.07) is 0. The molecule has 0 radical (unpaired) electrons. The molecule has 0 saturated heterocycles. The van der Waals surface area contributed by atoms with Gasteiger partial charge in [-0.3, -0.25) is 0 Å². The number of rotatable bonds is 0. The SMILES string of the molecule is OC1C2C3C=CC(C3)C2C(O)C2C3C=CC(C3)C12. The Labute approximate surface area is 107 Å². The van der Waals surface area contributed by atoms with Gasteiger partial charge < -0.3 is 10.2 Å². The maximum absolute atomic E-state index is 10.8. The van der Waals surface area contributed by atoms with E-state index in [1.165, 1.54) is 12.8 Å². The average molecular weight is 244 g/mol. The molecule has 5 aliphatic rings. The van der Waals surface area contributed by atoms with E-state index in [4.69, 9.17) is 0 Å². The largest absolute Gasteiger partial charge is 0.392 e. The topological polar surface area (TPSA) is 40.5 Å². The molecule has 0 aromatic heterocycles. The zero-order valence-corrected chi connectivity index (χ0v) is 10.4. The maximum Gasteiger partial charge on any atom is 0.0615 e. The zero-order valence-electron chi connectivity index (χ0n) is 10.4. The van der Waals surface area contributed by atoms with Gasteiger partial charge in [-0.25, -0.2) is 0 Å². The summed E-state index contributed by atoms with van der Waals surface area (Å²) in [7, 11) is 0. The summed E-state index contributed by atoms with van der Waals surface area (Å²) < 4.78 is 0. The van der Waals surface area contributed by atoms with Crippen LogP contribution in [0.3, 0.4) is 0 Å². The summed E-state index contributed by atoms with van der Waals surface area (Å²) in [6.45, 7) is 0. The molecule has 0 aromatic rings. The molecule has 0 aromatic carbocycles. The van der Waals surface area contributed by atoms with Crippen LogP contribution in [-0.2, 0) is 0 Å². The lowest BCUT2D eigenvalue weighted by Crippen LogP contribution is -2.54. The lowest BCUT2D eigenvalue weighted by Gasteiger charge is -2.49. The van der Waals surface area contributed by atoms with Gasteiger partial charge in [-0.1, -0.05) is 24.3 Å². The van der Waals surface area contributed by atoms with Crippen LogP contribution < -0.4 is 0 Å². The van der Waals surface area contributed by atoms with Gasteiger partial charge in [0.2, 0.25) is 0 Å². The summed E-state index contributed by atoms with van der Waals surface area (Å²) >= 11 is 0. The molecule has 2 nitrogen and oxygen atoms in total. The van der Waals surface area contributed by atoms with E-state index in [-0.39, 0.29) is 12.2 Å². The first-order valence-electron chi connectivity index (χ1n) is 7.48. The summed E-state index contributed by atoms with van der Waals surface area (Å²) in [5.74, 6) is 3.49. The Morgan fingerprint density at radius 2 is 0.833 bits per heavy atom. The second-order valence-electron chi connectivity index (χ2n) is 7.19. The van der Waals surface area contributed by atoms with Crippen LogP contribution in [0.1, 0.15) is 12.8 Å². The van der Waals surface area contributed by atoms with Crippen molar-refractivity contribution in [1.29, 1.82) is 0 Å². The van der Waals surface area contributed by atoms with Crippen molar-refractivity contribution in [2.75, 3.05) is 0 Å². The highest BCUT2D eigenvalue weighted by Crippen LogP contribution is 2.63. The van der Waals surface area contributed by atoms with E-state index in [1.807, 2.05) is 0 Å². The lowest BCUT2D eigenvalue weighted by atomic mass is 9.59. The Hall–Kier alpha value is -0.600. The van der Waals surface area contributed by atoms with Crippen LogP contribution in [0.4, 0.5) is 0 Å². The Balaban J connectivity index is 1.61. The fourth-order valence-corrected chi connectivity index (χ4v) is 6.23. The van der Waals surface area contributed by atoms with Crippen LogP contribution >= 0.6 is 0 Å². The molecular formula is C16H20O2. The van der Waals surface area contributed by atoms with Gasteiger partial charge in [0.1, 0.15) is 0 Å². The highest BCUT2D eigenvalue weighted by molar-refractivity contribution is 5.25. The van der Waals surface area contributed by atoms with E-state index in [0.717, 1.165) is 0 Å². The predicted octanol–water partition coefficient (Wildman–Crippen LogP) is 1.60. The first-order chi connectivity index (χ1) is 8.75. The number of aliphatic hydroxyl groups excluding tert-OH is 2. The van der Waals surface area contributed by atoms with Gasteiger partial charge >= 0.3 is 0 Å². The third kappa shape index (κ3) is 0.969. The standard InChI is InChI=1S/C16H20O2/c17-15-11-7-1-2-8(5-7)12(11)16(18)14-10-4-3-9(6-10)13(14)15/h1-4,7-18H,5-6H2. The fraction of sp³-hybridized carbons (Fsp3) is 0.750. The van der Waals surface area contributed by atoms with E-state index < -0.39 is 0 Å². The minimum atomic E-state index is -0.178. The van der Waals surface area contributed by atoms with Crippen molar-refractivity contribution < 1.29 is 10.2 Å². The minimum absolute atomic E-state index is 0.178. The minimum Gasteiger partial charge on any atom is -0.392 e. The Morgan fingerprint density at radius 3 is 1.11 bits per heavy atom. The molecule has 8 unspecified atom stereocenters. The molecule has 18 heavy (non-hydrogen) atoms. The van der Waals surface area contributed by atoms with Crippen molar-refractivity contribution in [3.8, 4) is 0 Å².